The van der Waals surface area contributed by atoms with Crippen molar-refractivity contribution in [1.29, 1.82) is 0 Å². The fourth-order valence-electron chi connectivity index (χ4n) is 2.66. The van der Waals surface area contributed by atoms with Gasteiger partial charge in [0.15, 0.2) is 0 Å². The van der Waals surface area contributed by atoms with Crippen LogP contribution in [0.5, 0.6) is 0 Å². The van der Waals surface area contributed by atoms with E-state index in [-0.39, 0.29) is 4.75 Å². The van der Waals surface area contributed by atoms with Crippen LogP contribution in [0.4, 0.5) is 0 Å². The third-order valence-corrected chi connectivity index (χ3v) is 4.82. The molecule has 0 aromatic carbocycles. The standard InChI is InChI=1S/C12H25NS/c1-9(2)12(4,8-13)10-5-6-11(3,14)7-10/h9-10,14H,5-8,13H2,1-4H3. The molecule has 3 unspecified atom stereocenters. The Kier molecular flexibility index (Phi) is 3.58. The van der Waals surface area contributed by atoms with Gasteiger partial charge in [-0.2, -0.15) is 12.6 Å². The predicted octanol–water partition coefficient (Wildman–Crippen LogP) is 3.10. The topological polar surface area (TPSA) is 26.0 Å². The van der Waals surface area contributed by atoms with Crippen LogP contribution in [-0.2, 0) is 0 Å². The van der Waals surface area contributed by atoms with Gasteiger partial charge in [0.25, 0.3) is 0 Å². The van der Waals surface area contributed by atoms with E-state index in [0.717, 1.165) is 12.5 Å². The average Bonchev–Trinajstić information content (AvgIpc) is 2.44. The van der Waals surface area contributed by atoms with Crippen LogP contribution in [0.25, 0.3) is 0 Å². The summed E-state index contributed by atoms with van der Waals surface area (Å²) in [6.45, 7) is 9.99. The van der Waals surface area contributed by atoms with Crippen molar-refractivity contribution in [2.75, 3.05) is 6.54 Å². The molecule has 2 heteroatoms. The Balaban J connectivity index is 2.73. The molecule has 2 N–H and O–H groups in total. The fourth-order valence-corrected chi connectivity index (χ4v) is 3.01. The Hall–Kier alpha value is 0.310. The molecule has 1 nitrogen and oxygen atoms in total. The van der Waals surface area contributed by atoms with Crippen LogP contribution < -0.4 is 5.73 Å². The van der Waals surface area contributed by atoms with E-state index < -0.39 is 0 Å². The third-order valence-electron chi connectivity index (χ3n) is 4.41. The quantitative estimate of drug-likeness (QED) is 0.695. The smallest absolute Gasteiger partial charge is 0.0104 e. The maximum absolute atomic E-state index is 5.95. The molecular formula is C12H25NS. The summed E-state index contributed by atoms with van der Waals surface area (Å²) in [7, 11) is 0. The van der Waals surface area contributed by atoms with Crippen molar-refractivity contribution in [3.63, 3.8) is 0 Å². The van der Waals surface area contributed by atoms with Crippen LogP contribution in [0.2, 0.25) is 0 Å². The number of nitrogens with two attached hydrogens (primary N) is 1. The lowest BCUT2D eigenvalue weighted by molar-refractivity contribution is 0.125. The summed E-state index contributed by atoms with van der Waals surface area (Å²) in [5.41, 5.74) is 6.26. The Morgan fingerprint density at radius 3 is 2.43 bits per heavy atom. The first-order valence-corrected chi connectivity index (χ1v) is 6.19. The van der Waals surface area contributed by atoms with Crippen molar-refractivity contribution in [2.45, 2.75) is 51.7 Å². The second kappa shape index (κ2) is 4.05. The Morgan fingerprint density at radius 2 is 2.14 bits per heavy atom. The molecule has 0 heterocycles. The van der Waals surface area contributed by atoms with E-state index in [0.29, 0.717) is 11.3 Å². The number of rotatable bonds is 3. The van der Waals surface area contributed by atoms with Crippen molar-refractivity contribution in [2.24, 2.45) is 23.0 Å². The van der Waals surface area contributed by atoms with E-state index in [1.165, 1.54) is 19.3 Å². The minimum Gasteiger partial charge on any atom is -0.330 e. The molecule has 1 rings (SSSR count). The van der Waals surface area contributed by atoms with Gasteiger partial charge < -0.3 is 5.73 Å². The summed E-state index contributed by atoms with van der Waals surface area (Å²) in [6.07, 6.45) is 3.76. The van der Waals surface area contributed by atoms with Gasteiger partial charge >= 0.3 is 0 Å². The molecule has 0 aromatic rings. The monoisotopic (exact) mass is 215 g/mol. The SMILES string of the molecule is CC(C)C(C)(CN)C1CCC(C)(S)C1. The highest BCUT2D eigenvalue weighted by Gasteiger charge is 2.43. The lowest BCUT2D eigenvalue weighted by Crippen LogP contribution is -2.39. The second-order valence-electron chi connectivity index (χ2n) is 5.80. The predicted molar refractivity (Wildman–Crippen MR) is 66.7 cm³/mol. The van der Waals surface area contributed by atoms with Gasteiger partial charge in [0.1, 0.15) is 0 Å². The molecule has 0 amide bonds. The zero-order valence-electron chi connectivity index (χ0n) is 10.0. The number of thiol groups is 1. The molecule has 1 saturated carbocycles. The van der Waals surface area contributed by atoms with Gasteiger partial charge in [0.05, 0.1) is 0 Å². The van der Waals surface area contributed by atoms with Gasteiger partial charge in [-0.15, -0.1) is 0 Å². The molecule has 1 aliphatic rings. The summed E-state index contributed by atoms with van der Waals surface area (Å²) in [5, 5.41) is 0. The van der Waals surface area contributed by atoms with Crippen molar-refractivity contribution in [1.82, 2.24) is 0 Å². The summed E-state index contributed by atoms with van der Waals surface area (Å²) >= 11 is 4.71. The van der Waals surface area contributed by atoms with Crippen LogP contribution >= 0.6 is 12.6 Å². The van der Waals surface area contributed by atoms with Crippen LogP contribution in [0.15, 0.2) is 0 Å². The Labute approximate surface area is 94.2 Å². The molecule has 0 aliphatic heterocycles. The lowest BCUT2D eigenvalue weighted by atomic mass is 9.68. The van der Waals surface area contributed by atoms with Crippen molar-refractivity contribution < 1.29 is 0 Å². The fraction of sp³-hybridized carbons (Fsp3) is 1.00. The number of hydrogen-bond donors (Lipinski definition) is 2. The van der Waals surface area contributed by atoms with E-state index in [1.54, 1.807) is 0 Å². The molecule has 0 aromatic heterocycles. The molecular weight excluding hydrogens is 190 g/mol. The molecule has 1 fully saturated rings. The molecule has 0 radical (unpaired) electrons. The highest BCUT2D eigenvalue weighted by Crippen LogP contribution is 2.49. The van der Waals surface area contributed by atoms with Gasteiger partial charge in [-0.05, 0) is 43.1 Å². The van der Waals surface area contributed by atoms with Crippen molar-refractivity contribution in [3.05, 3.63) is 0 Å². The third kappa shape index (κ3) is 2.27. The average molecular weight is 215 g/mol. The van der Waals surface area contributed by atoms with Crippen LogP contribution in [-0.4, -0.2) is 11.3 Å². The molecule has 0 saturated heterocycles. The Morgan fingerprint density at radius 1 is 1.57 bits per heavy atom. The van der Waals surface area contributed by atoms with Gasteiger partial charge in [-0.1, -0.05) is 27.7 Å². The van der Waals surface area contributed by atoms with Crippen molar-refractivity contribution >= 4 is 12.6 Å². The van der Waals surface area contributed by atoms with Crippen LogP contribution in [0, 0.1) is 17.3 Å². The first-order chi connectivity index (χ1) is 6.32. The summed E-state index contributed by atoms with van der Waals surface area (Å²) < 4.78 is 0.246. The molecule has 3 atom stereocenters. The van der Waals surface area contributed by atoms with Gasteiger partial charge in [0.2, 0.25) is 0 Å². The highest BCUT2D eigenvalue weighted by atomic mass is 32.1. The maximum atomic E-state index is 5.95. The normalized spacial score (nSPS) is 37.5. The summed E-state index contributed by atoms with van der Waals surface area (Å²) in [4.78, 5) is 0. The maximum Gasteiger partial charge on any atom is 0.0104 e. The van der Waals surface area contributed by atoms with Crippen LogP contribution in [0.3, 0.4) is 0 Å². The molecule has 0 spiro atoms. The zero-order chi connectivity index (χ0) is 11.0. The van der Waals surface area contributed by atoms with E-state index in [9.17, 15) is 0 Å². The first kappa shape index (κ1) is 12.4. The molecule has 14 heavy (non-hydrogen) atoms. The van der Waals surface area contributed by atoms with Crippen LogP contribution in [0.1, 0.15) is 47.0 Å². The first-order valence-electron chi connectivity index (χ1n) is 5.74. The minimum atomic E-state index is 0.246. The van der Waals surface area contributed by atoms with Crippen molar-refractivity contribution in [3.8, 4) is 0 Å². The van der Waals surface area contributed by atoms with Gasteiger partial charge in [0, 0.05) is 4.75 Å². The van der Waals surface area contributed by atoms with Gasteiger partial charge in [-0.3, -0.25) is 0 Å². The van der Waals surface area contributed by atoms with Gasteiger partial charge in [-0.25, -0.2) is 0 Å². The summed E-state index contributed by atoms with van der Waals surface area (Å²) in [6, 6.07) is 0. The Bertz CT molecular complexity index is 200. The number of hydrogen-bond acceptors (Lipinski definition) is 2. The second-order valence-corrected chi connectivity index (χ2v) is 6.88. The summed E-state index contributed by atoms with van der Waals surface area (Å²) in [5.74, 6) is 1.43. The zero-order valence-corrected chi connectivity index (χ0v) is 10.9. The lowest BCUT2D eigenvalue weighted by Gasteiger charge is -2.39. The molecule has 1 aliphatic carbocycles. The molecule has 84 valence electrons. The minimum absolute atomic E-state index is 0.246. The molecule has 0 bridgehead atoms. The van der Waals surface area contributed by atoms with E-state index in [1.807, 2.05) is 0 Å². The van der Waals surface area contributed by atoms with E-state index in [4.69, 9.17) is 18.4 Å². The highest BCUT2D eigenvalue weighted by molar-refractivity contribution is 7.81. The van der Waals surface area contributed by atoms with E-state index >= 15 is 0 Å². The largest absolute Gasteiger partial charge is 0.330 e. The van der Waals surface area contributed by atoms with E-state index in [2.05, 4.69) is 27.7 Å².